The van der Waals surface area contributed by atoms with Gasteiger partial charge < -0.3 is 20.1 Å². The topological polar surface area (TPSA) is 124 Å². The average molecular weight is 416 g/mol. The summed E-state index contributed by atoms with van der Waals surface area (Å²) in [7, 11) is 0. The molecular formula is C22H20N6O3. The molecule has 2 fully saturated rings. The van der Waals surface area contributed by atoms with Crippen LogP contribution < -0.4 is 10.2 Å². The van der Waals surface area contributed by atoms with Crippen LogP contribution in [0.1, 0.15) is 34.6 Å². The van der Waals surface area contributed by atoms with Gasteiger partial charge in [0.05, 0.1) is 30.5 Å². The number of hydrogen-bond donors (Lipinski definition) is 2. The molecular weight excluding hydrogens is 396 g/mol. The van der Waals surface area contributed by atoms with Crippen molar-refractivity contribution in [2.45, 2.75) is 18.4 Å². The van der Waals surface area contributed by atoms with Crippen LogP contribution in [0.15, 0.2) is 36.7 Å². The van der Waals surface area contributed by atoms with E-state index in [-0.39, 0.29) is 11.4 Å². The summed E-state index contributed by atoms with van der Waals surface area (Å²) in [4.78, 5) is 27.9. The molecule has 5 rings (SSSR count). The summed E-state index contributed by atoms with van der Waals surface area (Å²) in [5.41, 5.74) is 1.09. The molecule has 0 aromatic carbocycles. The summed E-state index contributed by atoms with van der Waals surface area (Å²) in [6.45, 7) is 2.81. The van der Waals surface area contributed by atoms with Gasteiger partial charge in [0, 0.05) is 24.7 Å². The number of hydrogen-bond acceptors (Lipinski definition) is 8. The number of rotatable bonds is 4. The number of ether oxygens (including phenoxy) is 1. The van der Waals surface area contributed by atoms with Crippen molar-refractivity contribution in [1.82, 2.24) is 20.3 Å². The van der Waals surface area contributed by atoms with E-state index in [2.05, 4.69) is 25.2 Å². The van der Waals surface area contributed by atoms with Crippen LogP contribution in [0.5, 0.6) is 5.75 Å². The Hall–Kier alpha value is -3.77. The number of nitrogens with zero attached hydrogens (tertiary/aromatic N) is 5. The van der Waals surface area contributed by atoms with Crippen molar-refractivity contribution >= 4 is 22.6 Å². The lowest BCUT2D eigenvalue weighted by Crippen LogP contribution is -2.36. The quantitative estimate of drug-likeness (QED) is 0.660. The molecule has 0 unspecified atom stereocenters. The minimum Gasteiger partial charge on any atom is -0.505 e. The second kappa shape index (κ2) is 7.49. The maximum absolute atomic E-state index is 12.9. The Labute approximate surface area is 178 Å². The van der Waals surface area contributed by atoms with Crippen molar-refractivity contribution in [3.05, 3.63) is 53.6 Å². The number of anilines is 1. The van der Waals surface area contributed by atoms with Crippen LogP contribution in [0.4, 0.5) is 5.82 Å². The smallest absolute Gasteiger partial charge is 0.274 e. The summed E-state index contributed by atoms with van der Waals surface area (Å²) in [6, 6.07) is 9.01. The van der Waals surface area contributed by atoms with Crippen LogP contribution in [-0.4, -0.2) is 52.3 Å². The molecule has 1 amide bonds. The lowest BCUT2D eigenvalue weighted by atomic mass is 10.1. The number of carbonyl (C=O) groups is 1. The first-order valence-corrected chi connectivity index (χ1v) is 10.1. The first-order chi connectivity index (χ1) is 15.1. The number of fused-ring (bicyclic) bond motifs is 1. The van der Waals surface area contributed by atoms with Gasteiger partial charge in [-0.3, -0.25) is 4.79 Å². The number of carbonyl (C=O) groups excluding carboxylic acids is 1. The van der Waals surface area contributed by atoms with E-state index in [0.29, 0.717) is 29.8 Å². The third kappa shape index (κ3) is 3.51. The SMILES string of the molecule is N#Cc1ccc(C2(NC(=O)c3ncc4nc(N5CCOCC5)ccc4c3O)CC2)cn1. The maximum Gasteiger partial charge on any atom is 0.274 e. The van der Waals surface area contributed by atoms with Gasteiger partial charge in [0.2, 0.25) is 0 Å². The normalized spacial score (nSPS) is 17.2. The molecule has 4 heterocycles. The molecule has 31 heavy (non-hydrogen) atoms. The van der Waals surface area contributed by atoms with Crippen LogP contribution in [0.3, 0.4) is 0 Å². The highest BCUT2D eigenvalue weighted by atomic mass is 16.5. The first kappa shape index (κ1) is 19.2. The number of nitriles is 1. The Morgan fingerprint density at radius 1 is 1.16 bits per heavy atom. The highest BCUT2D eigenvalue weighted by molar-refractivity contribution is 6.01. The monoisotopic (exact) mass is 416 g/mol. The maximum atomic E-state index is 12.9. The van der Waals surface area contributed by atoms with Gasteiger partial charge in [-0.2, -0.15) is 5.26 Å². The van der Waals surface area contributed by atoms with E-state index in [9.17, 15) is 9.90 Å². The van der Waals surface area contributed by atoms with Crippen LogP contribution in [0.25, 0.3) is 10.9 Å². The van der Waals surface area contributed by atoms with E-state index in [1.54, 1.807) is 24.4 Å². The highest BCUT2D eigenvalue weighted by Gasteiger charge is 2.46. The molecule has 2 aliphatic rings. The number of amides is 1. The Balaban J connectivity index is 1.39. The predicted octanol–water partition coefficient (Wildman–Crippen LogP) is 1.86. The van der Waals surface area contributed by atoms with Crippen LogP contribution >= 0.6 is 0 Å². The molecule has 1 saturated heterocycles. The van der Waals surface area contributed by atoms with E-state index >= 15 is 0 Å². The third-order valence-electron chi connectivity index (χ3n) is 5.79. The van der Waals surface area contributed by atoms with Crippen molar-refractivity contribution in [2.24, 2.45) is 0 Å². The fourth-order valence-corrected chi connectivity index (χ4v) is 3.84. The fourth-order valence-electron chi connectivity index (χ4n) is 3.84. The summed E-state index contributed by atoms with van der Waals surface area (Å²) in [5, 5.41) is 23.1. The van der Waals surface area contributed by atoms with Gasteiger partial charge in [0.25, 0.3) is 5.91 Å². The lowest BCUT2D eigenvalue weighted by molar-refractivity contribution is 0.0923. The molecule has 1 aliphatic carbocycles. The van der Waals surface area contributed by atoms with Gasteiger partial charge in [0.15, 0.2) is 11.4 Å². The zero-order valence-corrected chi connectivity index (χ0v) is 16.7. The van der Waals surface area contributed by atoms with Crippen molar-refractivity contribution < 1.29 is 14.6 Å². The van der Waals surface area contributed by atoms with E-state index in [0.717, 1.165) is 37.3 Å². The van der Waals surface area contributed by atoms with Crippen molar-refractivity contribution in [3.63, 3.8) is 0 Å². The Morgan fingerprint density at radius 2 is 1.97 bits per heavy atom. The third-order valence-corrected chi connectivity index (χ3v) is 5.79. The van der Waals surface area contributed by atoms with E-state index < -0.39 is 11.4 Å². The van der Waals surface area contributed by atoms with Crippen molar-refractivity contribution in [2.75, 3.05) is 31.2 Å². The molecule has 0 atom stereocenters. The molecule has 0 radical (unpaired) electrons. The molecule has 9 heteroatoms. The summed E-state index contributed by atoms with van der Waals surface area (Å²) < 4.78 is 5.37. The van der Waals surface area contributed by atoms with Gasteiger partial charge in [-0.1, -0.05) is 6.07 Å². The summed E-state index contributed by atoms with van der Waals surface area (Å²) >= 11 is 0. The molecule has 0 bridgehead atoms. The van der Waals surface area contributed by atoms with Crippen molar-refractivity contribution in [3.8, 4) is 11.8 Å². The average Bonchev–Trinajstić information content (AvgIpc) is 3.60. The first-order valence-electron chi connectivity index (χ1n) is 10.1. The molecule has 3 aromatic rings. The van der Waals surface area contributed by atoms with Gasteiger partial charge in [-0.05, 0) is 36.6 Å². The Bertz CT molecular complexity index is 1190. The molecule has 156 valence electrons. The molecule has 1 aliphatic heterocycles. The minimum atomic E-state index is -0.542. The Kier molecular flexibility index (Phi) is 4.64. The highest BCUT2D eigenvalue weighted by Crippen LogP contribution is 2.45. The van der Waals surface area contributed by atoms with Crippen LogP contribution in [0, 0.1) is 11.3 Å². The standard InChI is InChI=1S/C22H20N6O3/c23-11-15-2-1-14(12-24-15)22(5-6-22)27-21(30)19-20(29)16-3-4-18(26-17(16)13-25-19)28-7-9-31-10-8-28/h1-4,12-13,29H,5-10H2,(H,27,30). The molecule has 3 aromatic heterocycles. The number of aromatic hydroxyl groups is 1. The lowest BCUT2D eigenvalue weighted by Gasteiger charge is -2.27. The largest absolute Gasteiger partial charge is 0.505 e. The van der Waals surface area contributed by atoms with E-state index in [4.69, 9.17) is 10.00 Å². The summed E-state index contributed by atoms with van der Waals surface area (Å²) in [6.07, 6.45) is 4.63. The van der Waals surface area contributed by atoms with Gasteiger partial charge in [-0.15, -0.1) is 0 Å². The van der Waals surface area contributed by atoms with E-state index in [1.165, 1.54) is 6.20 Å². The Morgan fingerprint density at radius 3 is 2.65 bits per heavy atom. The second-order valence-electron chi connectivity index (χ2n) is 7.74. The van der Waals surface area contributed by atoms with Gasteiger partial charge in [0.1, 0.15) is 17.6 Å². The van der Waals surface area contributed by atoms with Crippen LogP contribution in [0.2, 0.25) is 0 Å². The van der Waals surface area contributed by atoms with Gasteiger partial charge in [-0.25, -0.2) is 15.0 Å². The van der Waals surface area contributed by atoms with E-state index in [1.807, 2.05) is 12.1 Å². The molecule has 2 N–H and O–H groups in total. The number of nitrogens with one attached hydrogen (secondary N) is 1. The van der Waals surface area contributed by atoms with Crippen LogP contribution in [-0.2, 0) is 10.3 Å². The number of pyridine rings is 3. The second-order valence-corrected chi connectivity index (χ2v) is 7.74. The molecule has 1 saturated carbocycles. The number of aromatic nitrogens is 3. The van der Waals surface area contributed by atoms with Gasteiger partial charge >= 0.3 is 0 Å². The molecule has 0 spiro atoms. The zero-order chi connectivity index (χ0) is 21.4. The minimum absolute atomic E-state index is 0.0405. The fraction of sp³-hybridized carbons (Fsp3) is 0.318. The van der Waals surface area contributed by atoms with Crippen molar-refractivity contribution in [1.29, 1.82) is 5.26 Å². The molecule has 9 nitrogen and oxygen atoms in total. The summed E-state index contributed by atoms with van der Waals surface area (Å²) in [5.74, 6) is 0.141. The zero-order valence-electron chi connectivity index (χ0n) is 16.7. The number of morpholine rings is 1. The predicted molar refractivity (Wildman–Crippen MR) is 112 cm³/mol.